The Morgan fingerprint density at radius 3 is 2.25 bits per heavy atom. The van der Waals surface area contributed by atoms with Crippen molar-refractivity contribution in [1.29, 1.82) is 5.26 Å². The summed E-state index contributed by atoms with van der Waals surface area (Å²) in [6, 6.07) is 14.6. The van der Waals surface area contributed by atoms with Gasteiger partial charge in [-0.05, 0) is 62.4 Å². The molecule has 28 heavy (non-hydrogen) atoms. The molecule has 0 bridgehead atoms. The van der Waals surface area contributed by atoms with Crippen LogP contribution in [0.3, 0.4) is 0 Å². The summed E-state index contributed by atoms with van der Waals surface area (Å²) >= 11 is 0. The van der Waals surface area contributed by atoms with Gasteiger partial charge in [-0.1, -0.05) is 0 Å². The minimum Gasteiger partial charge on any atom is -0.493 e. The molecule has 0 amide bonds. The lowest BCUT2D eigenvalue weighted by molar-refractivity contribution is -0.274. The van der Waals surface area contributed by atoms with Crippen LogP contribution in [0.4, 0.5) is 18.9 Å². The number of alkyl halides is 3. The molecule has 0 fully saturated rings. The summed E-state index contributed by atoms with van der Waals surface area (Å²) in [5, 5.41) is 15.4. The largest absolute Gasteiger partial charge is 0.573 e. The molecule has 2 unspecified atom stereocenters. The van der Waals surface area contributed by atoms with Crippen LogP contribution in [-0.2, 0) is 0 Å². The summed E-state index contributed by atoms with van der Waals surface area (Å²) in [7, 11) is 0. The maximum Gasteiger partial charge on any atom is 0.573 e. The predicted octanol–water partition coefficient (Wildman–Crippen LogP) is 4.74. The molecule has 2 aromatic carbocycles. The number of nitrogens with zero attached hydrogens (tertiary/aromatic N) is 3. The minimum atomic E-state index is -4.72. The number of hydrogen-bond acceptors (Lipinski definition) is 5. The first-order valence-electron chi connectivity index (χ1n) is 8.60. The molecule has 146 valence electrons. The van der Waals surface area contributed by atoms with Crippen molar-refractivity contribution in [2.24, 2.45) is 11.0 Å². The fourth-order valence-electron chi connectivity index (χ4n) is 3.02. The molecule has 5 nitrogen and oxygen atoms in total. The lowest BCUT2D eigenvalue weighted by atomic mass is 9.98. The van der Waals surface area contributed by atoms with Crippen molar-refractivity contribution >= 4 is 11.4 Å². The summed E-state index contributed by atoms with van der Waals surface area (Å²) in [4.78, 5) is 0. The first kappa shape index (κ1) is 19.5. The van der Waals surface area contributed by atoms with E-state index >= 15 is 0 Å². The van der Waals surface area contributed by atoms with Gasteiger partial charge in [-0.3, -0.25) is 5.01 Å². The molecule has 1 aliphatic rings. The van der Waals surface area contributed by atoms with Gasteiger partial charge in [0.25, 0.3) is 0 Å². The van der Waals surface area contributed by atoms with Crippen LogP contribution in [-0.4, -0.2) is 24.7 Å². The topological polar surface area (TPSA) is 57.9 Å². The third-order valence-corrected chi connectivity index (χ3v) is 4.52. The van der Waals surface area contributed by atoms with Gasteiger partial charge in [0, 0.05) is 5.71 Å². The van der Waals surface area contributed by atoms with Crippen LogP contribution in [0.15, 0.2) is 53.6 Å². The van der Waals surface area contributed by atoms with Gasteiger partial charge in [0.05, 0.1) is 35.9 Å². The third-order valence-electron chi connectivity index (χ3n) is 4.52. The van der Waals surface area contributed by atoms with Crippen LogP contribution in [0, 0.1) is 17.2 Å². The molecule has 2 aromatic rings. The molecular weight excluding hydrogens is 371 g/mol. The summed E-state index contributed by atoms with van der Waals surface area (Å²) in [6.07, 6.45) is -4.72. The highest BCUT2D eigenvalue weighted by Gasteiger charge is 2.33. The Kier molecular flexibility index (Phi) is 5.45. The smallest absolute Gasteiger partial charge is 0.493 e. The van der Waals surface area contributed by atoms with E-state index in [0.717, 1.165) is 11.4 Å². The molecule has 0 saturated heterocycles. The van der Waals surface area contributed by atoms with Crippen molar-refractivity contribution in [2.45, 2.75) is 26.3 Å². The zero-order valence-corrected chi connectivity index (χ0v) is 15.3. The van der Waals surface area contributed by atoms with Crippen LogP contribution in [0.1, 0.15) is 19.4 Å². The SMILES string of the molecule is CC1=NN(c2ccc(C#N)cc2)C(C)C1COc1ccc(OC(F)(F)F)cc1. The summed E-state index contributed by atoms with van der Waals surface area (Å²) in [5.41, 5.74) is 2.35. The van der Waals surface area contributed by atoms with Gasteiger partial charge < -0.3 is 9.47 Å². The molecule has 0 spiro atoms. The standard InChI is InChI=1S/C20H18F3N3O2/c1-13-19(12-27-17-7-9-18(10-8-17)28-20(21,22)23)14(2)26(25-13)16-5-3-15(11-24)4-6-16/h3-10,14,19H,12H2,1-2H3. The first-order valence-corrected chi connectivity index (χ1v) is 8.60. The quantitative estimate of drug-likeness (QED) is 0.741. The molecule has 0 N–H and O–H groups in total. The molecule has 0 aliphatic carbocycles. The van der Waals surface area contributed by atoms with E-state index in [2.05, 4.69) is 15.9 Å². The molecular formula is C20H18F3N3O2. The zero-order valence-electron chi connectivity index (χ0n) is 15.3. The van der Waals surface area contributed by atoms with Crippen LogP contribution < -0.4 is 14.5 Å². The van der Waals surface area contributed by atoms with Crippen LogP contribution in [0.2, 0.25) is 0 Å². The summed E-state index contributed by atoms with van der Waals surface area (Å²) < 4.78 is 46.2. The van der Waals surface area contributed by atoms with Crippen LogP contribution >= 0.6 is 0 Å². The lowest BCUT2D eigenvalue weighted by Crippen LogP contribution is -2.33. The molecule has 1 aliphatic heterocycles. The second-order valence-corrected chi connectivity index (χ2v) is 6.42. The Balaban J connectivity index is 1.62. The summed E-state index contributed by atoms with van der Waals surface area (Å²) in [6.45, 7) is 4.27. The van der Waals surface area contributed by atoms with Crippen molar-refractivity contribution in [1.82, 2.24) is 0 Å². The van der Waals surface area contributed by atoms with Crippen molar-refractivity contribution < 1.29 is 22.6 Å². The van der Waals surface area contributed by atoms with Crippen molar-refractivity contribution in [3.8, 4) is 17.6 Å². The second-order valence-electron chi connectivity index (χ2n) is 6.42. The number of benzene rings is 2. The van der Waals surface area contributed by atoms with Gasteiger partial charge in [0.15, 0.2) is 0 Å². The van der Waals surface area contributed by atoms with Gasteiger partial charge in [0.2, 0.25) is 0 Å². The van der Waals surface area contributed by atoms with Crippen LogP contribution in [0.25, 0.3) is 0 Å². The highest BCUT2D eigenvalue weighted by atomic mass is 19.4. The maximum atomic E-state index is 12.2. The number of halogens is 3. The number of hydrogen-bond donors (Lipinski definition) is 0. The average Bonchev–Trinajstić information content (AvgIpc) is 2.94. The number of nitriles is 1. The van der Waals surface area contributed by atoms with E-state index in [1.54, 1.807) is 12.1 Å². The van der Waals surface area contributed by atoms with Crippen molar-refractivity contribution in [3.63, 3.8) is 0 Å². The van der Waals surface area contributed by atoms with E-state index < -0.39 is 6.36 Å². The molecule has 1 heterocycles. The minimum absolute atomic E-state index is 0.0155. The van der Waals surface area contributed by atoms with E-state index in [0.29, 0.717) is 17.9 Å². The molecule has 8 heteroatoms. The molecule has 0 saturated carbocycles. The van der Waals surface area contributed by atoms with E-state index in [1.807, 2.05) is 31.0 Å². The Hall–Kier alpha value is -3.21. The molecule has 3 rings (SSSR count). The van der Waals surface area contributed by atoms with E-state index in [4.69, 9.17) is 10.00 Å². The number of rotatable bonds is 5. The predicted molar refractivity (Wildman–Crippen MR) is 98.3 cm³/mol. The van der Waals surface area contributed by atoms with E-state index in [1.165, 1.54) is 24.3 Å². The van der Waals surface area contributed by atoms with Gasteiger partial charge >= 0.3 is 6.36 Å². The Morgan fingerprint density at radius 2 is 1.68 bits per heavy atom. The highest BCUT2D eigenvalue weighted by Crippen LogP contribution is 2.30. The van der Waals surface area contributed by atoms with Crippen molar-refractivity contribution in [2.75, 3.05) is 11.6 Å². The number of anilines is 1. The normalized spacial score (nSPS) is 19.1. The third kappa shape index (κ3) is 4.55. The first-order chi connectivity index (χ1) is 13.3. The fraction of sp³-hybridized carbons (Fsp3) is 0.300. The molecule has 0 radical (unpaired) electrons. The van der Waals surface area contributed by atoms with E-state index in [9.17, 15) is 13.2 Å². The number of ether oxygens (including phenoxy) is 2. The van der Waals surface area contributed by atoms with Gasteiger partial charge in [-0.2, -0.15) is 10.4 Å². The lowest BCUT2D eigenvalue weighted by Gasteiger charge is -2.24. The van der Waals surface area contributed by atoms with Gasteiger partial charge in [0.1, 0.15) is 11.5 Å². The summed E-state index contributed by atoms with van der Waals surface area (Å²) in [5.74, 6) is 0.173. The van der Waals surface area contributed by atoms with E-state index in [-0.39, 0.29) is 17.7 Å². The monoisotopic (exact) mass is 389 g/mol. The van der Waals surface area contributed by atoms with Gasteiger partial charge in [-0.15, -0.1) is 13.2 Å². The zero-order chi connectivity index (χ0) is 20.3. The second kappa shape index (κ2) is 7.80. The maximum absolute atomic E-state index is 12.2. The Morgan fingerprint density at radius 1 is 1.07 bits per heavy atom. The number of hydrazone groups is 1. The Labute approximate surface area is 160 Å². The van der Waals surface area contributed by atoms with Crippen molar-refractivity contribution in [3.05, 3.63) is 54.1 Å². The van der Waals surface area contributed by atoms with Crippen LogP contribution in [0.5, 0.6) is 11.5 Å². The Bertz CT molecular complexity index is 887. The fourth-order valence-corrected chi connectivity index (χ4v) is 3.02. The van der Waals surface area contributed by atoms with Gasteiger partial charge in [-0.25, -0.2) is 0 Å². The molecule has 2 atom stereocenters. The average molecular weight is 389 g/mol. The highest BCUT2D eigenvalue weighted by molar-refractivity contribution is 5.89. The molecule has 0 aromatic heterocycles.